The highest BCUT2D eigenvalue weighted by Crippen LogP contribution is 2.66. The van der Waals surface area contributed by atoms with Gasteiger partial charge in [-0.25, -0.2) is 0 Å². The number of hydrogen-bond acceptors (Lipinski definition) is 7. The van der Waals surface area contributed by atoms with Crippen LogP contribution in [0.25, 0.3) is 0 Å². The zero-order valence-electron chi connectivity index (χ0n) is 21.1. The maximum absolute atomic E-state index is 14.8. The second-order valence-corrected chi connectivity index (χ2v) is 12.1. The van der Waals surface area contributed by atoms with Crippen molar-refractivity contribution in [3.05, 3.63) is 88.7 Å². The predicted octanol–water partition coefficient (Wildman–Crippen LogP) is 4.44. The molecule has 0 aliphatic carbocycles. The minimum absolute atomic E-state index is 0.168. The number of anilines is 1. The summed E-state index contributed by atoms with van der Waals surface area (Å²) in [6.45, 7) is 0.761. The summed E-state index contributed by atoms with van der Waals surface area (Å²) in [6.07, 6.45) is 3.49. The number of carbonyl (C=O) groups is 2. The van der Waals surface area contributed by atoms with Crippen molar-refractivity contribution in [1.29, 1.82) is 0 Å². The maximum atomic E-state index is 14.8. The first-order valence-corrected chi connectivity index (χ1v) is 13.7. The highest BCUT2D eigenvalue weighted by Gasteiger charge is 2.78. The standard InChI is InChI=1S/C28H25ClN4O3S2/c1-31-16-22(18-5-4-12-30-14-18)28(27(31)21-13-19(29)8-11-23(21)32(2)24(27)34)25(35)33(26(37)38-28)15-17-6-9-20(36-3)10-7-17/h4-14,22H,15-16H2,1-3H3/t22-,27-,28+/m0/s1. The Morgan fingerprint density at radius 3 is 2.58 bits per heavy atom. The Morgan fingerprint density at radius 2 is 1.89 bits per heavy atom. The quantitative estimate of drug-likeness (QED) is 0.434. The minimum Gasteiger partial charge on any atom is -0.497 e. The lowest BCUT2D eigenvalue weighted by atomic mass is 9.72. The lowest BCUT2D eigenvalue weighted by molar-refractivity contribution is -0.139. The lowest BCUT2D eigenvalue weighted by Crippen LogP contribution is -2.62. The van der Waals surface area contributed by atoms with Gasteiger partial charge in [-0.1, -0.05) is 53.8 Å². The number of likely N-dealkylation sites (tertiary alicyclic amines) is 1. The molecule has 10 heteroatoms. The summed E-state index contributed by atoms with van der Waals surface area (Å²) in [7, 11) is 5.27. The van der Waals surface area contributed by atoms with Crippen molar-refractivity contribution in [3.63, 3.8) is 0 Å². The van der Waals surface area contributed by atoms with Gasteiger partial charge in [0.25, 0.3) is 5.91 Å². The van der Waals surface area contributed by atoms with Crippen LogP contribution in [0.2, 0.25) is 5.02 Å². The number of aromatic nitrogens is 1. The molecular formula is C28H25ClN4O3S2. The molecule has 2 spiro atoms. The average Bonchev–Trinajstić information content (AvgIpc) is 3.43. The molecule has 3 atom stereocenters. The van der Waals surface area contributed by atoms with Crippen LogP contribution in [0.3, 0.4) is 0 Å². The molecule has 2 aromatic carbocycles. The molecule has 0 saturated carbocycles. The van der Waals surface area contributed by atoms with Crippen LogP contribution in [-0.4, -0.2) is 63.4 Å². The molecule has 6 rings (SSSR count). The van der Waals surface area contributed by atoms with Gasteiger partial charge in [0.1, 0.15) is 14.8 Å². The molecular weight excluding hydrogens is 540 g/mol. The van der Waals surface area contributed by atoms with E-state index in [1.54, 1.807) is 42.4 Å². The molecule has 2 saturated heterocycles. The van der Waals surface area contributed by atoms with Crippen LogP contribution < -0.4 is 9.64 Å². The van der Waals surface area contributed by atoms with E-state index in [9.17, 15) is 9.59 Å². The topological polar surface area (TPSA) is 66.0 Å². The number of rotatable bonds is 4. The smallest absolute Gasteiger partial charge is 0.254 e. The Kier molecular flexibility index (Phi) is 6.03. The zero-order chi connectivity index (χ0) is 26.8. The third kappa shape index (κ3) is 3.25. The third-order valence-electron chi connectivity index (χ3n) is 8.00. The Balaban J connectivity index is 1.56. The van der Waals surface area contributed by atoms with E-state index in [2.05, 4.69) is 4.98 Å². The third-order valence-corrected chi connectivity index (χ3v) is 10.2. The number of thioether (sulfide) groups is 1. The Labute approximate surface area is 235 Å². The highest BCUT2D eigenvalue weighted by atomic mass is 35.5. The molecule has 3 aliphatic rings. The number of halogens is 1. The monoisotopic (exact) mass is 564 g/mol. The Bertz CT molecular complexity index is 1470. The van der Waals surface area contributed by atoms with Crippen molar-refractivity contribution < 1.29 is 14.3 Å². The van der Waals surface area contributed by atoms with Gasteiger partial charge in [0.05, 0.1) is 13.7 Å². The van der Waals surface area contributed by atoms with Crippen LogP contribution in [0.4, 0.5) is 5.69 Å². The second kappa shape index (κ2) is 9.05. The number of nitrogens with zero attached hydrogens (tertiary/aromatic N) is 4. The number of pyridine rings is 1. The van der Waals surface area contributed by atoms with E-state index in [-0.39, 0.29) is 17.7 Å². The van der Waals surface area contributed by atoms with Crippen molar-refractivity contribution >= 4 is 57.4 Å². The van der Waals surface area contributed by atoms with Crippen LogP contribution in [-0.2, 0) is 21.7 Å². The highest BCUT2D eigenvalue weighted by molar-refractivity contribution is 8.25. The van der Waals surface area contributed by atoms with E-state index in [0.29, 0.717) is 22.4 Å². The molecule has 4 heterocycles. The number of hydrogen-bond donors (Lipinski definition) is 0. The van der Waals surface area contributed by atoms with Crippen molar-refractivity contribution in [3.8, 4) is 5.75 Å². The van der Waals surface area contributed by atoms with E-state index in [1.165, 1.54) is 11.8 Å². The minimum atomic E-state index is -1.30. The average molecular weight is 565 g/mol. The molecule has 194 valence electrons. The van der Waals surface area contributed by atoms with E-state index in [1.807, 2.05) is 60.5 Å². The number of benzene rings is 2. The summed E-state index contributed by atoms with van der Waals surface area (Å²) in [4.78, 5) is 38.9. The van der Waals surface area contributed by atoms with Gasteiger partial charge in [0.2, 0.25) is 5.91 Å². The van der Waals surface area contributed by atoms with E-state index in [4.69, 9.17) is 28.6 Å². The normalized spacial score (nSPS) is 26.7. The fourth-order valence-corrected chi connectivity index (χ4v) is 8.60. The maximum Gasteiger partial charge on any atom is 0.254 e. The molecule has 38 heavy (non-hydrogen) atoms. The number of methoxy groups -OCH3 is 1. The number of fused-ring (bicyclic) bond motifs is 3. The molecule has 2 fully saturated rings. The number of amides is 2. The summed E-state index contributed by atoms with van der Waals surface area (Å²) >= 11 is 13.7. The molecule has 3 aromatic rings. The lowest BCUT2D eigenvalue weighted by Gasteiger charge is -2.42. The van der Waals surface area contributed by atoms with Crippen LogP contribution >= 0.6 is 35.6 Å². The van der Waals surface area contributed by atoms with Gasteiger partial charge in [-0.05, 0) is 54.6 Å². The number of carbonyl (C=O) groups excluding carboxylic acids is 2. The van der Waals surface area contributed by atoms with E-state index in [0.717, 1.165) is 28.1 Å². The first-order valence-electron chi connectivity index (χ1n) is 12.1. The molecule has 0 N–H and O–H groups in total. The van der Waals surface area contributed by atoms with Gasteiger partial charge in [-0.2, -0.15) is 0 Å². The first kappa shape index (κ1) is 25.3. The van der Waals surface area contributed by atoms with Crippen LogP contribution in [0.15, 0.2) is 67.0 Å². The molecule has 7 nitrogen and oxygen atoms in total. The van der Waals surface area contributed by atoms with Crippen LogP contribution in [0, 0.1) is 0 Å². The fourth-order valence-electron chi connectivity index (χ4n) is 6.30. The van der Waals surface area contributed by atoms with E-state index < -0.39 is 10.3 Å². The molecule has 2 amide bonds. The van der Waals surface area contributed by atoms with Crippen molar-refractivity contribution in [2.75, 3.05) is 32.6 Å². The molecule has 1 aromatic heterocycles. The van der Waals surface area contributed by atoms with Crippen LogP contribution in [0.5, 0.6) is 5.75 Å². The summed E-state index contributed by atoms with van der Waals surface area (Å²) in [5.41, 5.74) is 1.96. The second-order valence-electron chi connectivity index (χ2n) is 9.80. The zero-order valence-corrected chi connectivity index (χ0v) is 23.4. The van der Waals surface area contributed by atoms with Gasteiger partial charge in [-0.3, -0.25) is 24.4 Å². The summed E-state index contributed by atoms with van der Waals surface area (Å²) in [5, 5.41) is 0.507. The summed E-state index contributed by atoms with van der Waals surface area (Å²) in [5.74, 6) is 0.0329. The number of thiocarbonyl (C=S) groups is 1. The van der Waals surface area contributed by atoms with Crippen LogP contribution in [0.1, 0.15) is 22.6 Å². The van der Waals surface area contributed by atoms with Gasteiger partial charge in [0.15, 0.2) is 5.54 Å². The number of ether oxygens (including phenoxy) is 1. The SMILES string of the molecule is COc1ccc(CN2C(=O)[C@]3(SC2=S)[C@H](c2cccnc2)CN(C)[C@@]32C(=O)N(C)c3ccc(Cl)cc32)cc1. The predicted molar refractivity (Wildman–Crippen MR) is 153 cm³/mol. The van der Waals surface area contributed by atoms with Gasteiger partial charge < -0.3 is 9.64 Å². The summed E-state index contributed by atoms with van der Waals surface area (Å²) in [6, 6.07) is 16.8. The Hall–Kier alpha value is -2.98. The van der Waals surface area contributed by atoms with Crippen molar-refractivity contribution in [2.45, 2.75) is 22.7 Å². The fraction of sp³-hybridized carbons (Fsp3) is 0.286. The molecule has 0 bridgehead atoms. The van der Waals surface area contributed by atoms with Crippen molar-refractivity contribution in [2.24, 2.45) is 0 Å². The van der Waals surface area contributed by atoms with Gasteiger partial charge in [-0.15, -0.1) is 0 Å². The molecule has 3 aliphatic heterocycles. The van der Waals surface area contributed by atoms with Gasteiger partial charge >= 0.3 is 0 Å². The Morgan fingerprint density at radius 1 is 1.13 bits per heavy atom. The molecule has 0 radical (unpaired) electrons. The summed E-state index contributed by atoms with van der Waals surface area (Å²) < 4.78 is 4.48. The van der Waals surface area contributed by atoms with E-state index >= 15 is 0 Å². The first-order chi connectivity index (χ1) is 18.3. The van der Waals surface area contributed by atoms with Gasteiger partial charge in [0, 0.05) is 48.2 Å². The van der Waals surface area contributed by atoms with Crippen molar-refractivity contribution in [1.82, 2.24) is 14.8 Å². The largest absolute Gasteiger partial charge is 0.497 e. The molecule has 0 unspecified atom stereocenters. The number of likely N-dealkylation sites (N-methyl/N-ethyl adjacent to an activating group) is 2.